The van der Waals surface area contributed by atoms with Crippen LogP contribution in [-0.2, 0) is 14.5 Å². The van der Waals surface area contributed by atoms with Crippen LogP contribution in [0.3, 0.4) is 0 Å². The first-order chi connectivity index (χ1) is 10.7. The summed E-state index contributed by atoms with van der Waals surface area (Å²) in [5, 5.41) is 0. The molecule has 1 saturated carbocycles. The zero-order valence-electron chi connectivity index (χ0n) is 12.7. The SMILES string of the molecule is CO[C@H]1OO[C@@]12CCCC[C@@H]2CCC(=O)c1ccc(F)cc1. The number of halogens is 1. The van der Waals surface area contributed by atoms with Crippen molar-refractivity contribution >= 4 is 5.78 Å². The Balaban J connectivity index is 1.62. The predicted octanol–water partition coefficient (Wildman–Crippen LogP) is 3.65. The van der Waals surface area contributed by atoms with Crippen LogP contribution in [-0.4, -0.2) is 24.8 Å². The Hall–Kier alpha value is -1.30. The molecule has 1 heterocycles. The van der Waals surface area contributed by atoms with Crippen molar-refractivity contribution in [1.29, 1.82) is 0 Å². The topological polar surface area (TPSA) is 44.8 Å². The monoisotopic (exact) mass is 308 g/mol. The number of ketones is 1. The highest BCUT2D eigenvalue weighted by Crippen LogP contribution is 2.48. The van der Waals surface area contributed by atoms with Gasteiger partial charge >= 0.3 is 0 Å². The molecule has 1 aliphatic heterocycles. The zero-order chi connectivity index (χ0) is 15.6. The first-order valence-corrected chi connectivity index (χ1v) is 7.82. The van der Waals surface area contributed by atoms with E-state index in [9.17, 15) is 9.18 Å². The van der Waals surface area contributed by atoms with Gasteiger partial charge in [0, 0.05) is 19.1 Å². The van der Waals surface area contributed by atoms with Crippen molar-refractivity contribution < 1.29 is 23.7 Å². The smallest absolute Gasteiger partial charge is 0.223 e. The summed E-state index contributed by atoms with van der Waals surface area (Å²) in [6.07, 6.45) is 4.97. The summed E-state index contributed by atoms with van der Waals surface area (Å²) >= 11 is 0. The Morgan fingerprint density at radius 2 is 2.14 bits per heavy atom. The number of hydrogen-bond donors (Lipinski definition) is 0. The lowest BCUT2D eigenvalue weighted by molar-refractivity contribution is -0.571. The average molecular weight is 308 g/mol. The van der Waals surface area contributed by atoms with Crippen LogP contribution in [0.2, 0.25) is 0 Å². The van der Waals surface area contributed by atoms with Gasteiger partial charge in [0.05, 0.1) is 0 Å². The van der Waals surface area contributed by atoms with Crippen molar-refractivity contribution in [3.63, 3.8) is 0 Å². The lowest BCUT2D eigenvalue weighted by atomic mass is 9.71. The van der Waals surface area contributed by atoms with Gasteiger partial charge in [-0.15, -0.1) is 0 Å². The normalized spacial score (nSPS) is 31.0. The molecule has 22 heavy (non-hydrogen) atoms. The van der Waals surface area contributed by atoms with Crippen LogP contribution in [0.15, 0.2) is 24.3 Å². The van der Waals surface area contributed by atoms with Gasteiger partial charge in [-0.1, -0.05) is 12.8 Å². The van der Waals surface area contributed by atoms with E-state index in [0.717, 1.165) is 32.1 Å². The van der Waals surface area contributed by atoms with Gasteiger partial charge in [-0.25, -0.2) is 14.2 Å². The molecule has 0 radical (unpaired) electrons. The second-order valence-electron chi connectivity index (χ2n) is 6.11. The molecule has 0 bridgehead atoms. The van der Waals surface area contributed by atoms with Crippen LogP contribution in [0.25, 0.3) is 0 Å². The minimum absolute atomic E-state index is 0.0370. The van der Waals surface area contributed by atoms with Gasteiger partial charge in [-0.2, -0.15) is 0 Å². The Morgan fingerprint density at radius 3 is 2.77 bits per heavy atom. The molecule has 2 fully saturated rings. The molecule has 120 valence electrons. The van der Waals surface area contributed by atoms with Crippen LogP contribution in [0, 0.1) is 11.7 Å². The van der Waals surface area contributed by atoms with Crippen molar-refractivity contribution in [2.75, 3.05) is 7.11 Å². The highest BCUT2D eigenvalue weighted by atomic mass is 19.1. The second-order valence-corrected chi connectivity index (χ2v) is 6.11. The third-order valence-corrected chi connectivity index (χ3v) is 4.85. The summed E-state index contributed by atoms with van der Waals surface area (Å²) in [5.74, 6) is -0.0370. The third-order valence-electron chi connectivity index (χ3n) is 4.85. The number of ether oxygens (including phenoxy) is 1. The minimum atomic E-state index is -0.393. The number of carbonyl (C=O) groups is 1. The standard InChI is InChI=1S/C17H21FO4/c1-20-16-17(22-21-16)11-3-2-4-13(17)7-10-15(19)12-5-8-14(18)9-6-12/h5-6,8-9,13,16H,2-4,7,10-11H2,1H3/t13-,16+,17-/m1/s1. The molecular formula is C17H21FO4. The third kappa shape index (κ3) is 2.81. The van der Waals surface area contributed by atoms with Crippen LogP contribution in [0.1, 0.15) is 48.9 Å². The molecule has 5 heteroatoms. The number of benzene rings is 1. The fourth-order valence-electron chi connectivity index (χ4n) is 3.58. The van der Waals surface area contributed by atoms with E-state index >= 15 is 0 Å². The van der Waals surface area contributed by atoms with Crippen molar-refractivity contribution in [1.82, 2.24) is 0 Å². The first-order valence-electron chi connectivity index (χ1n) is 7.82. The fourth-order valence-corrected chi connectivity index (χ4v) is 3.58. The average Bonchev–Trinajstić information content (AvgIpc) is 2.53. The van der Waals surface area contributed by atoms with E-state index in [0.29, 0.717) is 12.0 Å². The van der Waals surface area contributed by atoms with Crippen molar-refractivity contribution in [2.45, 2.75) is 50.4 Å². The summed E-state index contributed by atoms with van der Waals surface area (Å²) in [6.45, 7) is 0. The summed E-state index contributed by atoms with van der Waals surface area (Å²) in [4.78, 5) is 22.7. The van der Waals surface area contributed by atoms with Gasteiger partial charge in [0.25, 0.3) is 0 Å². The predicted molar refractivity (Wildman–Crippen MR) is 77.6 cm³/mol. The van der Waals surface area contributed by atoms with Gasteiger partial charge < -0.3 is 4.74 Å². The van der Waals surface area contributed by atoms with E-state index in [1.165, 1.54) is 24.3 Å². The summed E-state index contributed by atoms with van der Waals surface area (Å²) in [6, 6.07) is 5.71. The van der Waals surface area contributed by atoms with E-state index in [-0.39, 0.29) is 23.8 Å². The van der Waals surface area contributed by atoms with Gasteiger partial charge in [0.15, 0.2) is 11.4 Å². The first kappa shape index (κ1) is 15.6. The molecule has 2 aliphatic rings. The molecule has 1 aliphatic carbocycles. The van der Waals surface area contributed by atoms with Crippen molar-refractivity contribution in [2.24, 2.45) is 5.92 Å². The maximum Gasteiger partial charge on any atom is 0.223 e. The van der Waals surface area contributed by atoms with Crippen LogP contribution >= 0.6 is 0 Å². The molecule has 3 atom stereocenters. The Kier molecular flexibility index (Phi) is 4.57. The molecule has 3 rings (SSSR count). The van der Waals surface area contributed by atoms with Gasteiger partial charge in [-0.3, -0.25) is 4.79 Å². The highest BCUT2D eigenvalue weighted by molar-refractivity contribution is 5.95. The number of carbonyl (C=O) groups excluding carboxylic acids is 1. The van der Waals surface area contributed by atoms with Crippen molar-refractivity contribution in [3.05, 3.63) is 35.6 Å². The molecule has 4 nitrogen and oxygen atoms in total. The van der Waals surface area contributed by atoms with E-state index in [2.05, 4.69) is 0 Å². The Morgan fingerprint density at radius 1 is 1.36 bits per heavy atom. The summed E-state index contributed by atoms with van der Waals surface area (Å²) in [5.41, 5.74) is 0.163. The maximum absolute atomic E-state index is 12.9. The van der Waals surface area contributed by atoms with Crippen molar-refractivity contribution in [3.8, 4) is 0 Å². The quantitative estimate of drug-likeness (QED) is 0.615. The van der Waals surface area contributed by atoms with E-state index in [1.54, 1.807) is 7.11 Å². The molecule has 0 amide bonds. The number of rotatable bonds is 5. The summed E-state index contributed by atoms with van der Waals surface area (Å²) in [7, 11) is 1.62. The van der Waals surface area contributed by atoms with E-state index < -0.39 is 5.60 Å². The van der Waals surface area contributed by atoms with E-state index in [4.69, 9.17) is 14.5 Å². The molecule has 1 aromatic rings. The van der Waals surface area contributed by atoms with Crippen LogP contribution in [0.4, 0.5) is 4.39 Å². The number of methoxy groups -OCH3 is 1. The van der Waals surface area contributed by atoms with Gasteiger partial charge in [-0.05, 0) is 49.4 Å². The molecule has 0 N–H and O–H groups in total. The lowest BCUT2D eigenvalue weighted by Gasteiger charge is -2.52. The van der Waals surface area contributed by atoms with Gasteiger partial charge in [0.2, 0.25) is 6.29 Å². The maximum atomic E-state index is 12.9. The largest absolute Gasteiger partial charge is 0.351 e. The van der Waals surface area contributed by atoms with Crippen LogP contribution < -0.4 is 0 Å². The molecule has 1 spiro atoms. The minimum Gasteiger partial charge on any atom is -0.351 e. The number of Topliss-reactive ketones (excluding diaryl/α,β-unsaturated/α-hetero) is 1. The number of hydrogen-bond acceptors (Lipinski definition) is 4. The molecule has 1 saturated heterocycles. The molecule has 0 aromatic heterocycles. The second kappa shape index (κ2) is 6.44. The van der Waals surface area contributed by atoms with E-state index in [1.807, 2.05) is 0 Å². The lowest BCUT2D eigenvalue weighted by Crippen LogP contribution is -2.62. The van der Waals surface area contributed by atoms with Gasteiger partial charge in [0.1, 0.15) is 5.82 Å². The highest BCUT2D eigenvalue weighted by Gasteiger charge is 2.57. The summed E-state index contributed by atoms with van der Waals surface area (Å²) < 4.78 is 18.2. The van der Waals surface area contributed by atoms with Crippen LogP contribution in [0.5, 0.6) is 0 Å². The molecular weight excluding hydrogens is 287 g/mol. The fraction of sp³-hybridized carbons (Fsp3) is 0.588. The Bertz CT molecular complexity index is 528. The molecule has 0 unspecified atom stereocenters. The zero-order valence-corrected chi connectivity index (χ0v) is 12.7. The Labute approximate surface area is 129 Å². The molecule has 1 aromatic carbocycles.